The van der Waals surface area contributed by atoms with Gasteiger partial charge in [0, 0.05) is 28.3 Å². The highest BCUT2D eigenvalue weighted by Gasteiger charge is 2.16. The number of fused-ring (bicyclic) bond motifs is 2. The highest BCUT2D eigenvalue weighted by Crippen LogP contribution is 2.36. The summed E-state index contributed by atoms with van der Waals surface area (Å²) < 4.78 is 10.8. The lowest BCUT2D eigenvalue weighted by Crippen LogP contribution is -2.11. The SMILES string of the molecule is NNc1nc2cc3c(cc2cc1Cc1cccs1)OCO3. The summed E-state index contributed by atoms with van der Waals surface area (Å²) in [5, 5.41) is 3.09. The zero-order valence-corrected chi connectivity index (χ0v) is 11.9. The second kappa shape index (κ2) is 4.91. The van der Waals surface area contributed by atoms with Crippen LogP contribution in [-0.2, 0) is 6.42 Å². The highest BCUT2D eigenvalue weighted by molar-refractivity contribution is 7.09. The summed E-state index contributed by atoms with van der Waals surface area (Å²) in [6, 6.07) is 10.1. The predicted octanol–water partition coefficient (Wildman–Crippen LogP) is 2.90. The number of benzene rings is 1. The van der Waals surface area contributed by atoms with E-state index in [0.29, 0.717) is 5.82 Å². The van der Waals surface area contributed by atoms with Gasteiger partial charge in [-0.1, -0.05) is 6.07 Å². The van der Waals surface area contributed by atoms with E-state index >= 15 is 0 Å². The number of pyridine rings is 1. The molecule has 0 saturated heterocycles. The summed E-state index contributed by atoms with van der Waals surface area (Å²) >= 11 is 1.72. The molecule has 3 N–H and O–H groups in total. The summed E-state index contributed by atoms with van der Waals surface area (Å²) in [6.07, 6.45) is 0.800. The maximum absolute atomic E-state index is 5.62. The predicted molar refractivity (Wildman–Crippen MR) is 82.8 cm³/mol. The first-order chi connectivity index (χ1) is 10.3. The Morgan fingerprint density at radius 2 is 2.10 bits per heavy atom. The Hall–Kier alpha value is -2.31. The van der Waals surface area contributed by atoms with Crippen molar-refractivity contribution in [1.29, 1.82) is 0 Å². The fourth-order valence-corrected chi connectivity index (χ4v) is 3.20. The van der Waals surface area contributed by atoms with Crippen LogP contribution in [0.2, 0.25) is 0 Å². The number of thiophene rings is 1. The number of nitrogen functional groups attached to an aromatic ring is 1. The van der Waals surface area contributed by atoms with Crippen LogP contribution in [0, 0.1) is 0 Å². The monoisotopic (exact) mass is 299 g/mol. The average Bonchev–Trinajstić information content (AvgIpc) is 3.15. The van der Waals surface area contributed by atoms with Gasteiger partial charge >= 0.3 is 0 Å². The molecule has 3 heterocycles. The molecule has 0 amide bonds. The Labute approximate surface area is 125 Å². The van der Waals surface area contributed by atoms with Crippen LogP contribution in [-0.4, -0.2) is 11.8 Å². The molecule has 1 aliphatic heterocycles. The zero-order valence-electron chi connectivity index (χ0n) is 11.1. The van der Waals surface area contributed by atoms with Crippen molar-refractivity contribution in [3.05, 3.63) is 46.2 Å². The third-order valence-electron chi connectivity index (χ3n) is 3.47. The lowest BCUT2D eigenvalue weighted by atomic mass is 10.1. The molecular weight excluding hydrogens is 286 g/mol. The van der Waals surface area contributed by atoms with Crippen molar-refractivity contribution >= 4 is 28.1 Å². The summed E-state index contributed by atoms with van der Waals surface area (Å²) in [4.78, 5) is 5.86. The van der Waals surface area contributed by atoms with Gasteiger partial charge in [0.1, 0.15) is 5.82 Å². The second-order valence-electron chi connectivity index (χ2n) is 4.79. The van der Waals surface area contributed by atoms with Gasteiger partial charge in [-0.3, -0.25) is 0 Å². The van der Waals surface area contributed by atoms with E-state index in [1.165, 1.54) is 4.88 Å². The lowest BCUT2D eigenvalue weighted by molar-refractivity contribution is 0.174. The number of nitrogens with one attached hydrogen (secondary N) is 1. The van der Waals surface area contributed by atoms with E-state index in [1.54, 1.807) is 11.3 Å². The molecule has 0 radical (unpaired) electrons. The fourth-order valence-electron chi connectivity index (χ4n) is 2.47. The molecule has 1 aromatic carbocycles. The van der Waals surface area contributed by atoms with Gasteiger partial charge in [0.25, 0.3) is 0 Å². The normalized spacial score (nSPS) is 12.8. The van der Waals surface area contributed by atoms with Crippen LogP contribution in [0.15, 0.2) is 35.7 Å². The van der Waals surface area contributed by atoms with Gasteiger partial charge in [0.05, 0.1) is 5.52 Å². The van der Waals surface area contributed by atoms with Gasteiger partial charge in [0.15, 0.2) is 11.5 Å². The molecule has 21 heavy (non-hydrogen) atoms. The van der Waals surface area contributed by atoms with E-state index in [1.807, 2.05) is 18.2 Å². The van der Waals surface area contributed by atoms with Crippen molar-refractivity contribution in [2.24, 2.45) is 5.84 Å². The Morgan fingerprint density at radius 3 is 2.86 bits per heavy atom. The first kappa shape index (κ1) is 12.4. The number of anilines is 1. The van der Waals surface area contributed by atoms with Crippen molar-refractivity contribution in [3.8, 4) is 11.5 Å². The van der Waals surface area contributed by atoms with Gasteiger partial charge in [-0.15, -0.1) is 11.3 Å². The number of hydrogen-bond acceptors (Lipinski definition) is 6. The van der Waals surface area contributed by atoms with Gasteiger partial charge < -0.3 is 14.9 Å². The topological polar surface area (TPSA) is 69.4 Å². The van der Waals surface area contributed by atoms with Crippen molar-refractivity contribution < 1.29 is 9.47 Å². The van der Waals surface area contributed by atoms with Crippen LogP contribution >= 0.6 is 11.3 Å². The second-order valence-corrected chi connectivity index (χ2v) is 5.83. The molecule has 0 bridgehead atoms. The third kappa shape index (κ3) is 2.18. The maximum Gasteiger partial charge on any atom is 0.231 e. The number of hydrazine groups is 1. The number of aromatic nitrogens is 1. The minimum absolute atomic E-state index is 0.260. The molecule has 0 saturated carbocycles. The molecule has 1 aliphatic rings. The van der Waals surface area contributed by atoms with E-state index in [-0.39, 0.29) is 6.79 Å². The van der Waals surface area contributed by atoms with Crippen molar-refractivity contribution in [2.75, 3.05) is 12.2 Å². The molecule has 2 aromatic heterocycles. The smallest absolute Gasteiger partial charge is 0.231 e. The van der Waals surface area contributed by atoms with Crippen LogP contribution in [0.1, 0.15) is 10.4 Å². The molecule has 4 rings (SSSR count). The molecule has 0 aliphatic carbocycles. The van der Waals surface area contributed by atoms with E-state index < -0.39 is 0 Å². The Kier molecular flexibility index (Phi) is 2.90. The number of nitrogens with zero attached hydrogens (tertiary/aromatic N) is 1. The number of nitrogens with two attached hydrogens (primary N) is 1. The lowest BCUT2D eigenvalue weighted by Gasteiger charge is -2.10. The average molecular weight is 299 g/mol. The van der Waals surface area contributed by atoms with Gasteiger partial charge in [-0.05, 0) is 23.6 Å². The van der Waals surface area contributed by atoms with Crippen molar-refractivity contribution in [3.63, 3.8) is 0 Å². The van der Waals surface area contributed by atoms with Crippen LogP contribution in [0.4, 0.5) is 5.82 Å². The van der Waals surface area contributed by atoms with E-state index in [0.717, 1.165) is 34.4 Å². The van der Waals surface area contributed by atoms with Crippen molar-refractivity contribution in [1.82, 2.24) is 4.98 Å². The molecule has 3 aromatic rings. The molecule has 0 fully saturated rings. The number of rotatable bonds is 3. The zero-order chi connectivity index (χ0) is 14.2. The number of hydrogen-bond donors (Lipinski definition) is 2. The quantitative estimate of drug-likeness (QED) is 0.575. The van der Waals surface area contributed by atoms with Gasteiger partial charge in [-0.2, -0.15) is 0 Å². The largest absolute Gasteiger partial charge is 0.454 e. The molecule has 0 atom stereocenters. The third-order valence-corrected chi connectivity index (χ3v) is 4.35. The van der Waals surface area contributed by atoms with E-state index in [2.05, 4.69) is 27.9 Å². The van der Waals surface area contributed by atoms with E-state index in [4.69, 9.17) is 15.3 Å². The van der Waals surface area contributed by atoms with Crippen LogP contribution in [0.5, 0.6) is 11.5 Å². The molecule has 0 unspecified atom stereocenters. The number of ether oxygens (including phenoxy) is 2. The minimum Gasteiger partial charge on any atom is -0.454 e. The molecular formula is C15H13N3O2S. The van der Waals surface area contributed by atoms with Crippen LogP contribution < -0.4 is 20.7 Å². The molecule has 106 valence electrons. The highest BCUT2D eigenvalue weighted by atomic mass is 32.1. The Bertz CT molecular complexity index is 802. The maximum atomic E-state index is 5.62. The summed E-state index contributed by atoms with van der Waals surface area (Å²) in [5.74, 6) is 7.80. The minimum atomic E-state index is 0.260. The summed E-state index contributed by atoms with van der Waals surface area (Å²) in [7, 11) is 0. The first-order valence-corrected chi connectivity index (χ1v) is 7.44. The Balaban J connectivity index is 1.84. The van der Waals surface area contributed by atoms with Crippen LogP contribution in [0.3, 0.4) is 0 Å². The molecule has 6 heteroatoms. The Morgan fingerprint density at radius 1 is 1.24 bits per heavy atom. The summed E-state index contributed by atoms with van der Waals surface area (Å²) in [6.45, 7) is 0.260. The van der Waals surface area contributed by atoms with Gasteiger partial charge in [-0.25, -0.2) is 10.8 Å². The molecule has 5 nitrogen and oxygen atoms in total. The van der Waals surface area contributed by atoms with E-state index in [9.17, 15) is 0 Å². The summed E-state index contributed by atoms with van der Waals surface area (Å²) in [5.41, 5.74) is 4.59. The van der Waals surface area contributed by atoms with Crippen LogP contribution in [0.25, 0.3) is 10.9 Å². The fraction of sp³-hybridized carbons (Fsp3) is 0.133. The first-order valence-electron chi connectivity index (χ1n) is 6.56. The standard InChI is InChI=1S/C15H13N3O2S/c16-18-15-10(5-11-2-1-3-21-11)4-9-6-13-14(20-8-19-13)7-12(9)17-15/h1-4,6-7H,5,8,16H2,(H,17,18). The van der Waals surface area contributed by atoms with Crippen molar-refractivity contribution in [2.45, 2.75) is 6.42 Å². The van der Waals surface area contributed by atoms with Gasteiger partial charge in [0.2, 0.25) is 6.79 Å². The molecule has 0 spiro atoms.